The SMILES string of the molecule is Cc1ccc(S(=O)(=O)Nc2ccc(Cl)cc2)cc1C(N)=O. The predicted molar refractivity (Wildman–Crippen MR) is 82.0 cm³/mol. The first kappa shape index (κ1) is 15.3. The summed E-state index contributed by atoms with van der Waals surface area (Å²) < 4.78 is 27.0. The quantitative estimate of drug-likeness (QED) is 0.905. The van der Waals surface area contributed by atoms with Gasteiger partial charge < -0.3 is 5.73 Å². The summed E-state index contributed by atoms with van der Waals surface area (Å²) in [5.41, 5.74) is 6.40. The van der Waals surface area contributed by atoms with E-state index in [4.69, 9.17) is 17.3 Å². The molecule has 0 fully saturated rings. The van der Waals surface area contributed by atoms with E-state index in [0.29, 0.717) is 16.3 Å². The van der Waals surface area contributed by atoms with Crippen molar-refractivity contribution in [3.63, 3.8) is 0 Å². The van der Waals surface area contributed by atoms with Crippen molar-refractivity contribution in [2.45, 2.75) is 11.8 Å². The Balaban J connectivity index is 2.38. The van der Waals surface area contributed by atoms with Gasteiger partial charge in [-0.05, 0) is 48.9 Å². The second-order valence-corrected chi connectivity index (χ2v) is 6.57. The highest BCUT2D eigenvalue weighted by atomic mass is 35.5. The third-order valence-corrected chi connectivity index (χ3v) is 4.51. The number of hydrogen-bond donors (Lipinski definition) is 2. The Kier molecular flexibility index (Phi) is 4.20. The van der Waals surface area contributed by atoms with Crippen LogP contribution in [0.5, 0.6) is 0 Å². The molecule has 0 spiro atoms. The molecule has 0 aliphatic heterocycles. The molecule has 0 saturated carbocycles. The van der Waals surface area contributed by atoms with Crippen molar-refractivity contribution in [3.05, 3.63) is 58.6 Å². The topological polar surface area (TPSA) is 89.3 Å². The molecule has 0 heterocycles. The molecule has 2 aromatic rings. The van der Waals surface area contributed by atoms with Crippen molar-refractivity contribution in [2.75, 3.05) is 4.72 Å². The standard InChI is InChI=1S/C14H13ClN2O3S/c1-9-2-7-12(8-13(9)14(16)18)21(19,20)17-11-5-3-10(15)4-6-11/h2-8,17H,1H3,(H2,16,18). The number of aryl methyl sites for hydroxylation is 1. The average Bonchev–Trinajstić information content (AvgIpc) is 2.41. The summed E-state index contributed by atoms with van der Waals surface area (Å²) in [7, 11) is -3.80. The van der Waals surface area contributed by atoms with Crippen molar-refractivity contribution >= 4 is 33.2 Å². The molecule has 5 nitrogen and oxygen atoms in total. The monoisotopic (exact) mass is 324 g/mol. The molecule has 7 heteroatoms. The highest BCUT2D eigenvalue weighted by Gasteiger charge is 2.17. The molecule has 21 heavy (non-hydrogen) atoms. The summed E-state index contributed by atoms with van der Waals surface area (Å²) in [6.45, 7) is 1.68. The lowest BCUT2D eigenvalue weighted by Crippen LogP contribution is -2.16. The lowest BCUT2D eigenvalue weighted by Gasteiger charge is -2.10. The second kappa shape index (κ2) is 5.75. The minimum Gasteiger partial charge on any atom is -0.366 e. The number of carbonyl (C=O) groups is 1. The number of benzene rings is 2. The van der Waals surface area contributed by atoms with Gasteiger partial charge in [0.1, 0.15) is 0 Å². The lowest BCUT2D eigenvalue weighted by molar-refractivity contribution is 0.0999. The van der Waals surface area contributed by atoms with Gasteiger partial charge in [0.05, 0.1) is 4.90 Å². The van der Waals surface area contributed by atoms with Crippen LogP contribution in [0.1, 0.15) is 15.9 Å². The number of anilines is 1. The first-order chi connectivity index (χ1) is 9.79. The number of amides is 1. The Morgan fingerprint density at radius 3 is 2.33 bits per heavy atom. The zero-order valence-electron chi connectivity index (χ0n) is 11.1. The first-order valence-corrected chi connectivity index (χ1v) is 7.84. The lowest BCUT2D eigenvalue weighted by atomic mass is 10.1. The highest BCUT2D eigenvalue weighted by molar-refractivity contribution is 7.92. The van der Waals surface area contributed by atoms with Gasteiger partial charge in [-0.15, -0.1) is 0 Å². The van der Waals surface area contributed by atoms with Gasteiger partial charge in [-0.25, -0.2) is 8.42 Å². The van der Waals surface area contributed by atoms with Crippen LogP contribution in [0, 0.1) is 6.92 Å². The van der Waals surface area contributed by atoms with Crippen molar-refractivity contribution in [2.24, 2.45) is 5.73 Å². The largest absolute Gasteiger partial charge is 0.366 e. The summed E-state index contributed by atoms with van der Waals surface area (Å²) in [6.07, 6.45) is 0. The summed E-state index contributed by atoms with van der Waals surface area (Å²) in [5.74, 6) is -0.670. The molecular weight excluding hydrogens is 312 g/mol. The van der Waals surface area contributed by atoms with E-state index in [0.717, 1.165) is 0 Å². The fourth-order valence-electron chi connectivity index (χ4n) is 1.77. The van der Waals surface area contributed by atoms with Crippen LogP contribution in [-0.2, 0) is 10.0 Å². The number of hydrogen-bond acceptors (Lipinski definition) is 3. The van der Waals surface area contributed by atoms with Crippen LogP contribution in [-0.4, -0.2) is 14.3 Å². The molecule has 0 aliphatic rings. The molecule has 0 saturated heterocycles. The maximum Gasteiger partial charge on any atom is 0.261 e. The molecule has 2 aromatic carbocycles. The minimum atomic E-state index is -3.80. The molecular formula is C14H13ClN2O3S. The fraction of sp³-hybridized carbons (Fsp3) is 0.0714. The Morgan fingerprint density at radius 2 is 1.76 bits per heavy atom. The van der Waals surface area contributed by atoms with Crippen molar-refractivity contribution in [1.29, 1.82) is 0 Å². The van der Waals surface area contributed by atoms with Gasteiger partial charge in [0, 0.05) is 16.3 Å². The number of sulfonamides is 1. The van der Waals surface area contributed by atoms with E-state index in [2.05, 4.69) is 4.72 Å². The number of primary amides is 1. The normalized spacial score (nSPS) is 11.1. The molecule has 0 radical (unpaired) electrons. The zero-order valence-corrected chi connectivity index (χ0v) is 12.7. The molecule has 0 aliphatic carbocycles. The van der Waals surface area contributed by atoms with E-state index < -0.39 is 15.9 Å². The summed E-state index contributed by atoms with van der Waals surface area (Å²) in [6, 6.07) is 10.4. The first-order valence-electron chi connectivity index (χ1n) is 5.98. The average molecular weight is 325 g/mol. The third kappa shape index (κ3) is 3.53. The Labute approximate surface area is 127 Å². The van der Waals surface area contributed by atoms with Gasteiger partial charge in [-0.2, -0.15) is 0 Å². The van der Waals surface area contributed by atoms with Gasteiger partial charge in [0.25, 0.3) is 10.0 Å². The van der Waals surface area contributed by atoms with E-state index in [-0.39, 0.29) is 10.5 Å². The van der Waals surface area contributed by atoms with Crippen molar-refractivity contribution < 1.29 is 13.2 Å². The minimum absolute atomic E-state index is 0.0307. The maximum absolute atomic E-state index is 12.3. The zero-order chi connectivity index (χ0) is 15.6. The molecule has 0 unspecified atom stereocenters. The van der Waals surface area contributed by atoms with Gasteiger partial charge in [0.15, 0.2) is 0 Å². The van der Waals surface area contributed by atoms with Crippen LogP contribution in [0.3, 0.4) is 0 Å². The molecule has 2 rings (SSSR count). The van der Waals surface area contributed by atoms with Crippen LogP contribution in [0.25, 0.3) is 0 Å². The van der Waals surface area contributed by atoms with Gasteiger partial charge in [0.2, 0.25) is 5.91 Å². The van der Waals surface area contributed by atoms with Gasteiger partial charge in [-0.3, -0.25) is 9.52 Å². The van der Waals surface area contributed by atoms with Gasteiger partial charge >= 0.3 is 0 Å². The molecule has 0 aromatic heterocycles. The van der Waals surface area contributed by atoms with Crippen LogP contribution in [0.4, 0.5) is 5.69 Å². The van der Waals surface area contributed by atoms with Crippen molar-refractivity contribution in [1.82, 2.24) is 0 Å². The van der Waals surface area contributed by atoms with E-state index in [1.807, 2.05) is 0 Å². The number of carbonyl (C=O) groups excluding carboxylic acids is 1. The number of nitrogens with two attached hydrogens (primary N) is 1. The summed E-state index contributed by atoms with van der Waals surface area (Å²) >= 11 is 5.74. The maximum atomic E-state index is 12.3. The van der Waals surface area contributed by atoms with E-state index in [1.165, 1.54) is 18.2 Å². The second-order valence-electron chi connectivity index (χ2n) is 4.45. The predicted octanol–water partition coefficient (Wildman–Crippen LogP) is 2.55. The van der Waals surface area contributed by atoms with Gasteiger partial charge in [-0.1, -0.05) is 17.7 Å². The van der Waals surface area contributed by atoms with Crippen molar-refractivity contribution in [3.8, 4) is 0 Å². The summed E-state index contributed by atoms with van der Waals surface area (Å²) in [5, 5.41) is 0.504. The number of halogens is 1. The molecule has 110 valence electrons. The van der Waals surface area contributed by atoms with E-state index in [9.17, 15) is 13.2 Å². The van der Waals surface area contributed by atoms with Crippen LogP contribution >= 0.6 is 11.6 Å². The van der Waals surface area contributed by atoms with E-state index in [1.54, 1.807) is 31.2 Å². The Hall–Kier alpha value is -2.05. The van der Waals surface area contributed by atoms with Crippen LogP contribution < -0.4 is 10.5 Å². The highest BCUT2D eigenvalue weighted by Crippen LogP contribution is 2.20. The molecule has 0 atom stereocenters. The molecule has 1 amide bonds. The number of nitrogens with one attached hydrogen (secondary N) is 1. The Morgan fingerprint density at radius 1 is 1.14 bits per heavy atom. The van der Waals surface area contributed by atoms with Crippen LogP contribution in [0.15, 0.2) is 47.4 Å². The Bertz CT molecular complexity index is 786. The third-order valence-electron chi connectivity index (χ3n) is 2.88. The number of rotatable bonds is 4. The van der Waals surface area contributed by atoms with Crippen LogP contribution in [0.2, 0.25) is 5.02 Å². The molecule has 3 N–H and O–H groups in total. The van der Waals surface area contributed by atoms with E-state index >= 15 is 0 Å². The fourth-order valence-corrected chi connectivity index (χ4v) is 2.98. The smallest absolute Gasteiger partial charge is 0.261 e. The summed E-state index contributed by atoms with van der Waals surface area (Å²) in [4.78, 5) is 11.3. The molecule has 0 bridgehead atoms.